The maximum absolute atomic E-state index is 12.0. The third kappa shape index (κ3) is 3.19. The Morgan fingerprint density at radius 2 is 2.00 bits per heavy atom. The van der Waals surface area contributed by atoms with Gasteiger partial charge < -0.3 is 15.8 Å². The van der Waals surface area contributed by atoms with Gasteiger partial charge in [-0.25, -0.2) is 4.79 Å². The van der Waals surface area contributed by atoms with Gasteiger partial charge in [-0.1, -0.05) is 0 Å². The van der Waals surface area contributed by atoms with Gasteiger partial charge in [0.15, 0.2) is 0 Å². The fourth-order valence-electron chi connectivity index (χ4n) is 1.72. The van der Waals surface area contributed by atoms with Crippen LogP contribution in [0.25, 0.3) is 0 Å². The van der Waals surface area contributed by atoms with E-state index in [1.807, 2.05) is 0 Å². The fraction of sp³-hybridized carbons (Fsp3) is 0.214. The molecule has 0 fully saturated rings. The Morgan fingerprint density at radius 1 is 1.33 bits per heavy atom. The van der Waals surface area contributed by atoms with Crippen molar-refractivity contribution in [2.45, 2.75) is 6.92 Å². The highest BCUT2D eigenvalue weighted by Crippen LogP contribution is 2.15. The zero-order chi connectivity index (χ0) is 15.4. The number of aryl methyl sites for hydroxylation is 1. The van der Waals surface area contributed by atoms with Gasteiger partial charge in [0.1, 0.15) is 11.4 Å². The molecule has 110 valence electrons. The molecular formula is C14H16N4O3. The number of aromatic nitrogens is 2. The summed E-state index contributed by atoms with van der Waals surface area (Å²) in [6, 6.07) is 6.41. The summed E-state index contributed by atoms with van der Waals surface area (Å²) in [4.78, 5) is 23.5. The monoisotopic (exact) mass is 288 g/mol. The molecule has 1 heterocycles. The number of nitrogen functional groups attached to an aromatic ring is 1. The highest BCUT2D eigenvalue weighted by molar-refractivity contribution is 6.07. The number of benzene rings is 1. The molecule has 0 saturated heterocycles. The molecular weight excluding hydrogens is 272 g/mol. The predicted octanol–water partition coefficient (Wildman–Crippen LogP) is 1.43. The van der Waals surface area contributed by atoms with Crippen LogP contribution in [0.5, 0.6) is 0 Å². The van der Waals surface area contributed by atoms with Gasteiger partial charge in [0, 0.05) is 12.7 Å². The molecule has 2 rings (SSSR count). The number of carbonyl (C=O) groups is 2. The lowest BCUT2D eigenvalue weighted by atomic mass is 10.2. The van der Waals surface area contributed by atoms with Gasteiger partial charge in [-0.05, 0) is 31.2 Å². The van der Waals surface area contributed by atoms with Gasteiger partial charge in [0.05, 0.1) is 18.4 Å². The Labute approximate surface area is 121 Å². The van der Waals surface area contributed by atoms with Gasteiger partial charge >= 0.3 is 5.97 Å². The third-order valence-electron chi connectivity index (χ3n) is 2.88. The molecule has 0 unspecified atom stereocenters. The van der Waals surface area contributed by atoms with Gasteiger partial charge in [0.2, 0.25) is 0 Å². The molecule has 0 saturated carbocycles. The molecule has 0 aliphatic carbocycles. The molecule has 2 aromatic rings. The van der Waals surface area contributed by atoms with Crippen molar-refractivity contribution in [3.8, 4) is 0 Å². The van der Waals surface area contributed by atoms with Crippen LogP contribution in [0.4, 0.5) is 11.5 Å². The van der Waals surface area contributed by atoms with Crippen molar-refractivity contribution in [3.63, 3.8) is 0 Å². The number of carbonyl (C=O) groups excluding carboxylic acids is 2. The minimum atomic E-state index is -0.396. The molecule has 7 nitrogen and oxygen atoms in total. The van der Waals surface area contributed by atoms with Crippen molar-refractivity contribution >= 4 is 23.4 Å². The fourth-order valence-corrected chi connectivity index (χ4v) is 1.72. The Balaban J connectivity index is 2.08. The summed E-state index contributed by atoms with van der Waals surface area (Å²) >= 11 is 0. The second kappa shape index (κ2) is 6.08. The molecule has 3 N–H and O–H groups in total. The van der Waals surface area contributed by atoms with Crippen LogP contribution in [-0.2, 0) is 11.8 Å². The largest absolute Gasteiger partial charge is 0.462 e. The first-order valence-corrected chi connectivity index (χ1v) is 6.39. The Hall–Kier alpha value is -2.83. The van der Waals surface area contributed by atoms with Crippen LogP contribution in [0.1, 0.15) is 27.6 Å². The summed E-state index contributed by atoms with van der Waals surface area (Å²) in [6.07, 6.45) is 1.40. The van der Waals surface area contributed by atoms with Crippen LogP contribution in [0.15, 0.2) is 30.5 Å². The van der Waals surface area contributed by atoms with Crippen molar-refractivity contribution in [1.29, 1.82) is 0 Å². The number of rotatable bonds is 4. The zero-order valence-corrected chi connectivity index (χ0v) is 11.8. The SMILES string of the molecule is CCOC(=O)c1ccc(NC(=O)c2cnn(C)c2N)cc1. The minimum Gasteiger partial charge on any atom is -0.462 e. The second-order valence-corrected chi connectivity index (χ2v) is 4.32. The topological polar surface area (TPSA) is 99.2 Å². The molecule has 0 bridgehead atoms. The van der Waals surface area contributed by atoms with Crippen LogP contribution in [-0.4, -0.2) is 28.3 Å². The van der Waals surface area contributed by atoms with Crippen LogP contribution >= 0.6 is 0 Å². The average molecular weight is 288 g/mol. The first-order chi connectivity index (χ1) is 10.0. The highest BCUT2D eigenvalue weighted by atomic mass is 16.5. The number of amides is 1. The molecule has 0 atom stereocenters. The summed E-state index contributed by atoms with van der Waals surface area (Å²) in [7, 11) is 1.65. The maximum atomic E-state index is 12.0. The molecule has 0 spiro atoms. The minimum absolute atomic E-state index is 0.288. The summed E-state index contributed by atoms with van der Waals surface area (Å²) in [5, 5.41) is 6.59. The van der Waals surface area contributed by atoms with E-state index in [0.717, 1.165) is 0 Å². The number of nitrogens with zero attached hydrogens (tertiary/aromatic N) is 2. The van der Waals surface area contributed by atoms with E-state index in [1.165, 1.54) is 10.9 Å². The lowest BCUT2D eigenvalue weighted by molar-refractivity contribution is 0.0526. The van der Waals surface area contributed by atoms with Crippen LogP contribution in [0.3, 0.4) is 0 Å². The number of anilines is 2. The Morgan fingerprint density at radius 3 is 2.52 bits per heavy atom. The Bertz CT molecular complexity index is 661. The standard InChI is InChI=1S/C14H16N4O3/c1-3-21-14(20)9-4-6-10(7-5-9)17-13(19)11-8-16-18(2)12(11)15/h4-8H,3,15H2,1-2H3,(H,17,19). The van der Waals surface area contributed by atoms with E-state index in [-0.39, 0.29) is 11.7 Å². The summed E-state index contributed by atoms with van der Waals surface area (Å²) < 4.78 is 6.30. The smallest absolute Gasteiger partial charge is 0.338 e. The molecule has 0 aliphatic heterocycles. The normalized spacial score (nSPS) is 10.2. The number of nitrogens with two attached hydrogens (primary N) is 1. The van der Waals surface area contributed by atoms with Gasteiger partial charge in [-0.15, -0.1) is 0 Å². The third-order valence-corrected chi connectivity index (χ3v) is 2.88. The first kappa shape index (κ1) is 14.6. The van der Waals surface area contributed by atoms with Crippen molar-refractivity contribution < 1.29 is 14.3 Å². The molecule has 1 amide bonds. The van der Waals surface area contributed by atoms with Crippen molar-refractivity contribution in [3.05, 3.63) is 41.6 Å². The van der Waals surface area contributed by atoms with E-state index in [9.17, 15) is 9.59 Å². The van der Waals surface area contributed by atoms with Crippen molar-refractivity contribution in [2.75, 3.05) is 17.7 Å². The molecule has 7 heteroatoms. The van der Waals surface area contributed by atoms with Crippen LogP contribution in [0, 0.1) is 0 Å². The first-order valence-electron chi connectivity index (χ1n) is 6.39. The van der Waals surface area contributed by atoms with Crippen LogP contribution in [0.2, 0.25) is 0 Å². The number of hydrogen-bond donors (Lipinski definition) is 2. The molecule has 1 aromatic carbocycles. The summed E-state index contributed by atoms with van der Waals surface area (Å²) in [5.74, 6) is -0.466. The number of nitrogens with one attached hydrogen (secondary N) is 1. The summed E-state index contributed by atoms with van der Waals surface area (Å²) in [5.41, 5.74) is 7.01. The number of hydrogen-bond acceptors (Lipinski definition) is 5. The second-order valence-electron chi connectivity index (χ2n) is 4.32. The zero-order valence-electron chi connectivity index (χ0n) is 11.8. The molecule has 21 heavy (non-hydrogen) atoms. The Kier molecular flexibility index (Phi) is 4.22. The molecule has 0 aliphatic rings. The van der Waals surface area contributed by atoms with E-state index in [4.69, 9.17) is 10.5 Å². The van der Waals surface area contributed by atoms with Crippen molar-refractivity contribution in [2.24, 2.45) is 7.05 Å². The van der Waals surface area contributed by atoms with E-state index >= 15 is 0 Å². The highest BCUT2D eigenvalue weighted by Gasteiger charge is 2.14. The van der Waals surface area contributed by atoms with E-state index in [1.54, 1.807) is 38.2 Å². The number of esters is 1. The van der Waals surface area contributed by atoms with Gasteiger partial charge in [0.25, 0.3) is 5.91 Å². The van der Waals surface area contributed by atoms with Gasteiger partial charge in [-0.3, -0.25) is 9.48 Å². The molecule has 0 radical (unpaired) electrons. The lowest BCUT2D eigenvalue weighted by Gasteiger charge is -2.06. The van der Waals surface area contributed by atoms with Gasteiger partial charge in [-0.2, -0.15) is 5.10 Å². The summed E-state index contributed by atoms with van der Waals surface area (Å²) in [6.45, 7) is 2.06. The van der Waals surface area contributed by atoms with E-state index in [0.29, 0.717) is 23.4 Å². The number of ether oxygens (including phenoxy) is 1. The van der Waals surface area contributed by atoms with E-state index in [2.05, 4.69) is 10.4 Å². The maximum Gasteiger partial charge on any atom is 0.338 e. The average Bonchev–Trinajstić information content (AvgIpc) is 2.80. The molecule has 1 aromatic heterocycles. The quantitative estimate of drug-likeness (QED) is 0.829. The predicted molar refractivity (Wildman–Crippen MR) is 78.0 cm³/mol. The lowest BCUT2D eigenvalue weighted by Crippen LogP contribution is -2.14. The van der Waals surface area contributed by atoms with E-state index < -0.39 is 5.97 Å². The van der Waals surface area contributed by atoms with Crippen molar-refractivity contribution in [1.82, 2.24) is 9.78 Å². The van der Waals surface area contributed by atoms with Crippen LogP contribution < -0.4 is 11.1 Å².